The number of hydrazine groups is 1. The van der Waals surface area contributed by atoms with E-state index in [4.69, 9.17) is 4.74 Å². The van der Waals surface area contributed by atoms with Crippen LogP contribution in [-0.2, 0) is 9.53 Å². The first-order valence-corrected chi connectivity index (χ1v) is 14.7. The largest absolute Gasteiger partial charge is 0.508 e. The van der Waals surface area contributed by atoms with E-state index in [1.807, 2.05) is 0 Å². The van der Waals surface area contributed by atoms with E-state index in [9.17, 15) is 14.7 Å². The van der Waals surface area contributed by atoms with Crippen molar-refractivity contribution < 1.29 is 19.4 Å². The number of amides is 2. The highest BCUT2D eigenvalue weighted by molar-refractivity contribution is 7.99. The summed E-state index contributed by atoms with van der Waals surface area (Å²) in [7, 11) is 0. The van der Waals surface area contributed by atoms with Crippen molar-refractivity contribution >= 4 is 23.8 Å². The molecule has 7 heteroatoms. The van der Waals surface area contributed by atoms with Crippen LogP contribution < -0.4 is 10.9 Å². The first-order chi connectivity index (χ1) is 17.1. The van der Waals surface area contributed by atoms with Crippen LogP contribution in [0.15, 0.2) is 29.2 Å². The van der Waals surface area contributed by atoms with E-state index >= 15 is 0 Å². The van der Waals surface area contributed by atoms with E-state index in [2.05, 4.69) is 17.8 Å². The van der Waals surface area contributed by atoms with Crippen LogP contribution in [0.3, 0.4) is 0 Å². The first-order valence-electron chi connectivity index (χ1n) is 13.7. The van der Waals surface area contributed by atoms with Gasteiger partial charge in [-0.3, -0.25) is 10.2 Å². The number of carbonyl (C=O) groups is 2. The number of phenolic OH excluding ortho intramolecular Hbond substituents is 1. The Labute approximate surface area is 217 Å². The number of hydrogen-bond acceptors (Lipinski definition) is 5. The molecule has 1 aromatic rings. The molecule has 0 aromatic heterocycles. The zero-order valence-corrected chi connectivity index (χ0v) is 22.6. The number of benzene rings is 1. The lowest BCUT2D eigenvalue weighted by Gasteiger charge is -2.08. The van der Waals surface area contributed by atoms with Crippen molar-refractivity contribution in [3.63, 3.8) is 0 Å². The summed E-state index contributed by atoms with van der Waals surface area (Å²) in [4.78, 5) is 24.4. The molecule has 0 saturated heterocycles. The Hall–Kier alpha value is -1.89. The van der Waals surface area contributed by atoms with Gasteiger partial charge in [-0.15, -0.1) is 11.8 Å². The van der Waals surface area contributed by atoms with Crippen LogP contribution in [0.2, 0.25) is 0 Å². The van der Waals surface area contributed by atoms with E-state index < -0.39 is 6.09 Å². The molecule has 0 saturated carbocycles. The molecular formula is C28H48N2O4S. The molecule has 0 unspecified atom stereocenters. The molecule has 0 heterocycles. The number of nitrogens with one attached hydrogen (secondary N) is 2. The topological polar surface area (TPSA) is 87.7 Å². The number of ether oxygens (including phenoxy) is 1. The molecule has 0 aliphatic heterocycles. The maximum atomic E-state index is 11.8. The Morgan fingerprint density at radius 2 is 1.23 bits per heavy atom. The van der Waals surface area contributed by atoms with Gasteiger partial charge in [0, 0.05) is 17.1 Å². The normalized spacial score (nSPS) is 10.8. The fraction of sp³-hybridized carbons (Fsp3) is 0.714. The molecule has 3 N–H and O–H groups in total. The summed E-state index contributed by atoms with van der Waals surface area (Å²) >= 11 is 1.51. The minimum absolute atomic E-state index is 0.217. The molecule has 0 aliphatic carbocycles. The van der Waals surface area contributed by atoms with Gasteiger partial charge in [0.25, 0.3) is 0 Å². The number of hydrogen-bond donors (Lipinski definition) is 3. The molecule has 0 atom stereocenters. The molecule has 1 aromatic carbocycles. The van der Waals surface area contributed by atoms with Crippen LogP contribution >= 0.6 is 11.8 Å². The maximum Gasteiger partial charge on any atom is 0.426 e. The minimum Gasteiger partial charge on any atom is -0.508 e. The van der Waals surface area contributed by atoms with Crippen LogP contribution in [-0.4, -0.2) is 29.5 Å². The Morgan fingerprint density at radius 1 is 0.743 bits per heavy atom. The molecule has 0 aliphatic rings. The summed E-state index contributed by atoms with van der Waals surface area (Å²) in [5.74, 6) is 0.525. The summed E-state index contributed by atoms with van der Waals surface area (Å²) < 4.78 is 5.10. The summed E-state index contributed by atoms with van der Waals surface area (Å²) in [6.45, 7) is 2.64. The average molecular weight is 509 g/mol. The molecule has 2 amide bonds. The second kappa shape index (κ2) is 22.6. The summed E-state index contributed by atoms with van der Waals surface area (Å²) in [6.07, 6.45) is 20.6. The van der Waals surface area contributed by atoms with Crippen molar-refractivity contribution in [3.8, 4) is 5.75 Å². The smallest absolute Gasteiger partial charge is 0.426 e. The van der Waals surface area contributed by atoms with Gasteiger partial charge in [0.2, 0.25) is 5.91 Å². The number of carbonyl (C=O) groups excluding carboxylic acids is 2. The van der Waals surface area contributed by atoms with Gasteiger partial charge >= 0.3 is 6.09 Å². The lowest BCUT2D eigenvalue weighted by atomic mass is 10.0. The third kappa shape index (κ3) is 20.0. The molecule has 1 rings (SSSR count). The van der Waals surface area contributed by atoms with Crippen LogP contribution in [0.1, 0.15) is 116 Å². The lowest BCUT2D eigenvalue weighted by Crippen LogP contribution is -2.42. The highest BCUT2D eigenvalue weighted by atomic mass is 32.2. The van der Waals surface area contributed by atoms with E-state index in [0.29, 0.717) is 12.4 Å². The minimum atomic E-state index is -0.620. The number of aromatic hydroxyl groups is 1. The molecule has 200 valence electrons. The van der Waals surface area contributed by atoms with Gasteiger partial charge in [0.15, 0.2) is 0 Å². The summed E-state index contributed by atoms with van der Waals surface area (Å²) in [5.41, 5.74) is 4.66. The molecule has 0 bridgehead atoms. The monoisotopic (exact) mass is 508 g/mol. The van der Waals surface area contributed by atoms with E-state index in [1.54, 1.807) is 24.3 Å². The second-order valence-corrected chi connectivity index (χ2v) is 10.4. The van der Waals surface area contributed by atoms with Crippen LogP contribution in [0.5, 0.6) is 5.75 Å². The van der Waals surface area contributed by atoms with Crippen molar-refractivity contribution in [2.24, 2.45) is 0 Å². The fourth-order valence-electron chi connectivity index (χ4n) is 3.84. The lowest BCUT2D eigenvalue weighted by molar-refractivity contribution is -0.121. The molecule has 0 fully saturated rings. The summed E-state index contributed by atoms with van der Waals surface area (Å²) in [5, 5.41) is 9.26. The Morgan fingerprint density at radius 3 is 1.74 bits per heavy atom. The quantitative estimate of drug-likeness (QED) is 0.0892. The fourth-order valence-corrected chi connectivity index (χ4v) is 4.69. The van der Waals surface area contributed by atoms with Gasteiger partial charge in [-0.05, 0) is 30.7 Å². The van der Waals surface area contributed by atoms with Crippen LogP contribution in [0.25, 0.3) is 0 Å². The van der Waals surface area contributed by atoms with Crippen molar-refractivity contribution in [1.82, 2.24) is 10.9 Å². The molecule has 35 heavy (non-hydrogen) atoms. The van der Waals surface area contributed by atoms with Gasteiger partial charge in [0.1, 0.15) is 5.75 Å². The second-order valence-electron chi connectivity index (χ2n) is 9.20. The Kier molecular flexibility index (Phi) is 20.1. The third-order valence-electron chi connectivity index (χ3n) is 5.97. The van der Waals surface area contributed by atoms with E-state index in [-0.39, 0.29) is 18.1 Å². The van der Waals surface area contributed by atoms with Crippen LogP contribution in [0.4, 0.5) is 4.79 Å². The standard InChI is InChI=1S/C28H48N2O4S/c1-2-3-4-5-6-7-8-9-10-11-12-13-14-15-16-17-23-34-28(33)30-29-27(32)22-24-35-26-20-18-25(31)19-21-26/h18-21,31H,2-17,22-24H2,1H3,(H,29,32)(H,30,33). The highest BCUT2D eigenvalue weighted by Crippen LogP contribution is 2.21. The number of rotatable bonds is 21. The highest BCUT2D eigenvalue weighted by Gasteiger charge is 2.06. The van der Waals surface area contributed by atoms with Crippen molar-refractivity contribution in [2.75, 3.05) is 12.4 Å². The average Bonchev–Trinajstić information content (AvgIpc) is 2.86. The van der Waals surface area contributed by atoms with E-state index in [1.165, 1.54) is 102 Å². The van der Waals surface area contributed by atoms with Crippen molar-refractivity contribution in [3.05, 3.63) is 24.3 Å². The van der Waals surface area contributed by atoms with Gasteiger partial charge < -0.3 is 9.84 Å². The first kappa shape index (κ1) is 31.1. The Bertz CT molecular complexity index is 655. The SMILES string of the molecule is CCCCCCCCCCCCCCCCCCOC(=O)NNC(=O)CCSc1ccc(O)cc1. The van der Waals surface area contributed by atoms with Crippen molar-refractivity contribution in [2.45, 2.75) is 121 Å². The number of phenols is 1. The van der Waals surface area contributed by atoms with E-state index in [0.717, 1.165) is 17.7 Å². The Balaban J connectivity index is 1.80. The van der Waals surface area contributed by atoms with Gasteiger partial charge in [-0.1, -0.05) is 103 Å². The summed E-state index contributed by atoms with van der Waals surface area (Å²) in [6, 6.07) is 6.82. The molecule has 0 radical (unpaired) electrons. The maximum absolute atomic E-state index is 11.8. The van der Waals surface area contributed by atoms with Gasteiger partial charge in [-0.2, -0.15) is 0 Å². The molecular weight excluding hydrogens is 460 g/mol. The molecule has 0 spiro atoms. The predicted octanol–water partition coefficient (Wildman–Crippen LogP) is 7.89. The van der Waals surface area contributed by atoms with Gasteiger partial charge in [0.05, 0.1) is 6.61 Å². The van der Waals surface area contributed by atoms with Gasteiger partial charge in [-0.25, -0.2) is 10.2 Å². The number of unbranched alkanes of at least 4 members (excludes halogenated alkanes) is 15. The zero-order valence-electron chi connectivity index (χ0n) is 21.8. The van der Waals surface area contributed by atoms with Crippen molar-refractivity contribution in [1.29, 1.82) is 0 Å². The zero-order chi connectivity index (χ0) is 25.4. The number of thioether (sulfide) groups is 1. The third-order valence-corrected chi connectivity index (χ3v) is 6.98. The molecule has 6 nitrogen and oxygen atoms in total. The predicted molar refractivity (Wildman–Crippen MR) is 146 cm³/mol. The van der Waals surface area contributed by atoms with Crippen LogP contribution in [0, 0.1) is 0 Å².